The monoisotopic (exact) mass is 580 g/mol. The molecular formula is C46H28. The van der Waals surface area contributed by atoms with E-state index in [9.17, 15) is 0 Å². The number of hydrogen-bond acceptors (Lipinski definition) is 0. The maximum atomic E-state index is 2.35. The lowest BCUT2D eigenvalue weighted by atomic mass is 9.80. The topological polar surface area (TPSA) is 0 Å². The first-order valence-corrected chi connectivity index (χ1v) is 16.0. The molecule has 0 nitrogen and oxygen atoms in total. The molecule has 0 radical (unpaired) electrons. The van der Waals surface area contributed by atoms with Gasteiger partial charge in [-0.25, -0.2) is 0 Å². The van der Waals surface area contributed by atoms with Crippen LogP contribution in [-0.4, -0.2) is 0 Å². The molecule has 0 unspecified atom stereocenters. The zero-order chi connectivity index (χ0) is 30.2. The lowest BCUT2D eigenvalue weighted by Gasteiger charge is -2.22. The number of hydrogen-bond donors (Lipinski definition) is 0. The Bertz CT molecular complexity index is 2540. The second kappa shape index (κ2) is 9.76. The molecule has 0 heterocycles. The Morgan fingerprint density at radius 3 is 0.957 bits per heavy atom. The summed E-state index contributed by atoms with van der Waals surface area (Å²) in [6, 6.07) is 63.0. The van der Waals surface area contributed by atoms with E-state index in [1.807, 2.05) is 0 Å². The smallest absolute Gasteiger partial charge is 0.00203 e. The lowest BCUT2D eigenvalue weighted by Crippen LogP contribution is -2.00. The quantitative estimate of drug-likeness (QED) is 0.143. The van der Waals surface area contributed by atoms with Crippen molar-refractivity contribution in [2.24, 2.45) is 0 Å². The highest BCUT2D eigenvalue weighted by Crippen LogP contribution is 2.46. The largest absolute Gasteiger partial charge is 0.0622 e. The molecule has 0 bridgehead atoms. The molecule has 0 aliphatic carbocycles. The molecule has 10 aromatic carbocycles. The van der Waals surface area contributed by atoms with E-state index in [0.29, 0.717) is 0 Å². The third-order valence-corrected chi connectivity index (χ3v) is 9.97. The van der Waals surface area contributed by atoms with E-state index >= 15 is 0 Å². The van der Waals surface area contributed by atoms with Crippen LogP contribution in [0.1, 0.15) is 22.3 Å². The molecule has 0 saturated carbocycles. The molecule has 0 atom stereocenters. The van der Waals surface area contributed by atoms with Crippen molar-refractivity contribution >= 4 is 75.8 Å². The maximum Gasteiger partial charge on any atom is -0.00203 e. The maximum absolute atomic E-state index is 2.35. The van der Waals surface area contributed by atoms with Crippen LogP contribution in [0.25, 0.3) is 75.8 Å². The fourth-order valence-electron chi connectivity index (χ4n) is 7.99. The third-order valence-electron chi connectivity index (χ3n) is 9.97. The van der Waals surface area contributed by atoms with Gasteiger partial charge in [-0.15, -0.1) is 0 Å². The Morgan fingerprint density at radius 1 is 0.239 bits per heavy atom. The predicted molar refractivity (Wildman–Crippen MR) is 198 cm³/mol. The first-order valence-electron chi connectivity index (χ1n) is 16.0. The van der Waals surface area contributed by atoms with Gasteiger partial charge >= 0.3 is 0 Å². The Kier molecular flexibility index (Phi) is 5.38. The molecule has 0 aliphatic heterocycles. The summed E-state index contributed by atoms with van der Waals surface area (Å²) in [5, 5.41) is 15.6. The van der Waals surface area contributed by atoms with Crippen molar-refractivity contribution in [3.8, 4) is 0 Å². The van der Waals surface area contributed by atoms with E-state index in [1.54, 1.807) is 0 Å². The number of benzene rings is 10. The molecule has 212 valence electrons. The summed E-state index contributed by atoms with van der Waals surface area (Å²) in [5.74, 6) is 0. The lowest BCUT2D eigenvalue weighted by molar-refractivity contribution is 1.54. The van der Waals surface area contributed by atoms with Gasteiger partial charge in [-0.2, -0.15) is 0 Å². The van der Waals surface area contributed by atoms with E-state index in [2.05, 4.69) is 170 Å². The van der Waals surface area contributed by atoms with Crippen LogP contribution in [0, 0.1) is 0 Å². The van der Waals surface area contributed by atoms with Crippen molar-refractivity contribution in [1.82, 2.24) is 0 Å². The molecule has 0 fully saturated rings. The average molecular weight is 581 g/mol. The van der Waals surface area contributed by atoms with E-state index < -0.39 is 0 Å². The van der Waals surface area contributed by atoms with Gasteiger partial charge in [0.25, 0.3) is 0 Å². The second-order valence-electron chi connectivity index (χ2n) is 12.4. The molecule has 0 aliphatic rings. The Morgan fingerprint density at radius 2 is 0.565 bits per heavy atom. The van der Waals surface area contributed by atoms with Crippen LogP contribution < -0.4 is 0 Å². The molecule has 46 heavy (non-hydrogen) atoms. The Hall–Kier alpha value is -5.98. The van der Waals surface area contributed by atoms with Crippen molar-refractivity contribution in [2.45, 2.75) is 0 Å². The minimum Gasteiger partial charge on any atom is -0.0622 e. The van der Waals surface area contributed by atoms with Crippen LogP contribution in [-0.2, 0) is 0 Å². The molecule has 0 amide bonds. The van der Waals surface area contributed by atoms with E-state index in [4.69, 9.17) is 0 Å². The van der Waals surface area contributed by atoms with Crippen molar-refractivity contribution in [1.29, 1.82) is 0 Å². The second-order valence-corrected chi connectivity index (χ2v) is 12.4. The highest BCUT2D eigenvalue weighted by Gasteiger charge is 2.22. The average Bonchev–Trinajstić information content (AvgIpc) is 3.13. The fraction of sp³-hybridized carbons (Fsp3) is 0. The SMILES string of the molecule is c1ccc(C(=C(c2ccccc2)c2ccc3ccc4cccc5ccc2c3c45)c2ccc3ccc4cccc5ccc2c3c45)cc1. The van der Waals surface area contributed by atoms with Crippen LogP contribution >= 0.6 is 0 Å². The highest BCUT2D eigenvalue weighted by molar-refractivity contribution is 6.28. The van der Waals surface area contributed by atoms with Gasteiger partial charge in [-0.1, -0.05) is 170 Å². The zero-order valence-corrected chi connectivity index (χ0v) is 25.2. The summed E-state index contributed by atoms with van der Waals surface area (Å²) in [5.41, 5.74) is 7.42. The standard InChI is InChI=1S/C46H28/c1-3-9-29(10-4-1)45(39-27-23-35-19-17-31-13-7-15-33-21-25-37(39)43(35)41(31)33)46(30-11-5-2-6-12-30)40-28-24-36-20-18-32-14-8-16-34-22-26-38(40)44(36)42(32)34/h1-28H. The first kappa shape index (κ1) is 25.4. The molecule has 0 heteroatoms. The summed E-state index contributed by atoms with van der Waals surface area (Å²) in [4.78, 5) is 0. The van der Waals surface area contributed by atoms with Crippen LogP contribution in [0.2, 0.25) is 0 Å². The van der Waals surface area contributed by atoms with Crippen LogP contribution in [0.3, 0.4) is 0 Å². The van der Waals surface area contributed by atoms with Gasteiger partial charge in [-0.3, -0.25) is 0 Å². The Labute approximate surface area is 267 Å². The van der Waals surface area contributed by atoms with Crippen molar-refractivity contribution < 1.29 is 0 Å². The summed E-state index contributed by atoms with van der Waals surface area (Å²) < 4.78 is 0. The van der Waals surface area contributed by atoms with Crippen LogP contribution in [0.5, 0.6) is 0 Å². The van der Waals surface area contributed by atoms with E-state index in [0.717, 1.165) is 0 Å². The van der Waals surface area contributed by atoms with Gasteiger partial charge < -0.3 is 0 Å². The minimum atomic E-state index is 1.21. The van der Waals surface area contributed by atoms with Gasteiger partial charge in [0.2, 0.25) is 0 Å². The van der Waals surface area contributed by atoms with E-state index in [-0.39, 0.29) is 0 Å². The summed E-state index contributed by atoms with van der Waals surface area (Å²) in [6.07, 6.45) is 0. The summed E-state index contributed by atoms with van der Waals surface area (Å²) in [7, 11) is 0. The minimum absolute atomic E-state index is 1.21. The number of rotatable bonds is 4. The van der Waals surface area contributed by atoms with Crippen LogP contribution in [0.15, 0.2) is 170 Å². The zero-order valence-electron chi connectivity index (χ0n) is 25.2. The third kappa shape index (κ3) is 3.62. The first-order chi connectivity index (χ1) is 22.8. The van der Waals surface area contributed by atoms with Gasteiger partial charge in [0.15, 0.2) is 0 Å². The van der Waals surface area contributed by atoms with Crippen molar-refractivity contribution in [3.05, 3.63) is 192 Å². The summed E-state index contributed by atoms with van der Waals surface area (Å²) in [6.45, 7) is 0. The van der Waals surface area contributed by atoms with Gasteiger partial charge in [0.1, 0.15) is 0 Å². The van der Waals surface area contributed by atoms with Crippen LogP contribution in [0.4, 0.5) is 0 Å². The van der Waals surface area contributed by atoms with E-state index in [1.165, 1.54) is 98.0 Å². The molecule has 0 aromatic heterocycles. The van der Waals surface area contributed by atoms with Crippen molar-refractivity contribution in [3.63, 3.8) is 0 Å². The van der Waals surface area contributed by atoms with Gasteiger partial charge in [-0.05, 0) is 98.0 Å². The van der Waals surface area contributed by atoms with Gasteiger partial charge in [0.05, 0.1) is 0 Å². The predicted octanol–water partition coefficient (Wildman–Crippen LogP) is 12.5. The molecular weight excluding hydrogens is 553 g/mol. The normalized spacial score (nSPS) is 12.7. The molecule has 0 N–H and O–H groups in total. The molecule has 10 aromatic rings. The van der Waals surface area contributed by atoms with Gasteiger partial charge in [0, 0.05) is 0 Å². The Balaban J connectivity index is 1.41. The molecule has 0 saturated heterocycles. The molecule has 10 rings (SSSR count). The molecule has 0 spiro atoms. The summed E-state index contributed by atoms with van der Waals surface area (Å²) >= 11 is 0. The fourth-order valence-corrected chi connectivity index (χ4v) is 7.99. The highest BCUT2D eigenvalue weighted by atomic mass is 14.2. The van der Waals surface area contributed by atoms with Crippen molar-refractivity contribution in [2.75, 3.05) is 0 Å².